The fraction of sp³-hybridized carbons (Fsp3) is 0.625. The minimum Gasteiger partial charge on any atom is -0.496 e. The lowest BCUT2D eigenvalue weighted by atomic mass is 9.84. The molecule has 0 amide bonds. The zero-order chi connectivity index (χ0) is 14.8. The highest BCUT2D eigenvalue weighted by Crippen LogP contribution is 2.37. The first-order valence-corrected chi connectivity index (χ1v) is 7.10. The number of ether oxygens (including phenoxy) is 3. The van der Waals surface area contributed by atoms with Crippen LogP contribution in [0.5, 0.6) is 5.75 Å². The fourth-order valence-corrected chi connectivity index (χ4v) is 2.51. The van der Waals surface area contributed by atoms with Crippen molar-refractivity contribution in [2.75, 3.05) is 26.9 Å². The molecule has 0 bridgehead atoms. The first-order valence-electron chi connectivity index (χ1n) is 7.10. The Bertz CT molecular complexity index is 459. The van der Waals surface area contributed by atoms with Crippen LogP contribution in [0.1, 0.15) is 38.3 Å². The molecule has 1 fully saturated rings. The third-order valence-electron chi connectivity index (χ3n) is 3.68. The minimum atomic E-state index is -0.815. The van der Waals surface area contributed by atoms with Crippen molar-refractivity contribution >= 4 is 0 Å². The number of benzene rings is 1. The summed E-state index contributed by atoms with van der Waals surface area (Å²) in [6.45, 7) is 8.14. The Kier molecular flexibility index (Phi) is 4.37. The van der Waals surface area contributed by atoms with E-state index in [4.69, 9.17) is 19.9 Å². The molecule has 2 rings (SSSR count). The second kappa shape index (κ2) is 5.72. The fourth-order valence-electron chi connectivity index (χ4n) is 2.51. The third-order valence-corrected chi connectivity index (χ3v) is 3.68. The topological polar surface area (TPSA) is 53.7 Å². The van der Waals surface area contributed by atoms with Gasteiger partial charge in [-0.3, -0.25) is 0 Å². The van der Waals surface area contributed by atoms with Gasteiger partial charge in [0, 0.05) is 5.56 Å². The zero-order valence-electron chi connectivity index (χ0n) is 12.9. The molecule has 1 aliphatic heterocycles. The lowest BCUT2D eigenvalue weighted by molar-refractivity contribution is -0.269. The third kappa shape index (κ3) is 2.82. The van der Waals surface area contributed by atoms with Crippen molar-refractivity contribution in [2.24, 2.45) is 5.73 Å². The lowest BCUT2D eigenvalue weighted by Crippen LogP contribution is -2.44. The normalized spacial score (nSPS) is 18.9. The predicted octanol–water partition coefficient (Wildman–Crippen LogP) is 2.54. The molecule has 1 aromatic rings. The lowest BCUT2D eigenvalue weighted by Gasteiger charge is -2.37. The van der Waals surface area contributed by atoms with Crippen molar-refractivity contribution in [1.82, 2.24) is 0 Å². The van der Waals surface area contributed by atoms with Crippen LogP contribution in [0.2, 0.25) is 0 Å². The van der Waals surface area contributed by atoms with Gasteiger partial charge in [0.2, 0.25) is 5.79 Å². The van der Waals surface area contributed by atoms with Crippen LogP contribution in [0.4, 0.5) is 0 Å². The molecule has 0 unspecified atom stereocenters. The van der Waals surface area contributed by atoms with Crippen molar-refractivity contribution in [2.45, 2.75) is 38.4 Å². The number of rotatable bonds is 3. The van der Waals surface area contributed by atoms with Crippen LogP contribution >= 0.6 is 0 Å². The number of hydrogen-bond acceptors (Lipinski definition) is 4. The molecular weight excluding hydrogens is 254 g/mol. The molecule has 0 atom stereocenters. The van der Waals surface area contributed by atoms with E-state index >= 15 is 0 Å². The first-order chi connectivity index (χ1) is 9.43. The molecule has 1 saturated heterocycles. The molecule has 4 heteroatoms. The number of methoxy groups -OCH3 is 1. The van der Waals surface area contributed by atoms with Crippen molar-refractivity contribution < 1.29 is 14.2 Å². The maximum absolute atomic E-state index is 5.92. The van der Waals surface area contributed by atoms with Crippen LogP contribution in [-0.4, -0.2) is 26.9 Å². The number of hydrogen-bond donors (Lipinski definition) is 1. The van der Waals surface area contributed by atoms with Gasteiger partial charge in [0.25, 0.3) is 0 Å². The highest BCUT2D eigenvalue weighted by atomic mass is 16.7. The summed E-state index contributed by atoms with van der Waals surface area (Å²) >= 11 is 0. The van der Waals surface area contributed by atoms with E-state index in [2.05, 4.69) is 26.8 Å². The molecule has 2 N–H and O–H groups in total. The van der Waals surface area contributed by atoms with Crippen LogP contribution in [-0.2, 0) is 20.7 Å². The molecule has 0 radical (unpaired) electrons. The van der Waals surface area contributed by atoms with Crippen molar-refractivity contribution in [3.63, 3.8) is 0 Å². The van der Waals surface area contributed by atoms with Gasteiger partial charge in [-0.25, -0.2) is 0 Å². The molecule has 0 aliphatic carbocycles. The van der Waals surface area contributed by atoms with Gasteiger partial charge in [0.1, 0.15) is 5.75 Å². The Labute approximate surface area is 121 Å². The quantitative estimate of drug-likeness (QED) is 0.924. The molecule has 0 aromatic heterocycles. The molecule has 0 saturated carbocycles. The Morgan fingerprint density at radius 2 is 1.90 bits per heavy atom. The maximum Gasteiger partial charge on any atom is 0.207 e. The van der Waals surface area contributed by atoms with E-state index in [-0.39, 0.29) is 5.41 Å². The van der Waals surface area contributed by atoms with Gasteiger partial charge in [0.15, 0.2) is 0 Å². The van der Waals surface area contributed by atoms with Gasteiger partial charge in [-0.2, -0.15) is 0 Å². The van der Waals surface area contributed by atoms with Crippen LogP contribution in [0.25, 0.3) is 0 Å². The molecule has 4 nitrogen and oxygen atoms in total. The smallest absolute Gasteiger partial charge is 0.207 e. The Morgan fingerprint density at radius 1 is 1.25 bits per heavy atom. The summed E-state index contributed by atoms with van der Waals surface area (Å²) in [6, 6.07) is 6.04. The van der Waals surface area contributed by atoms with E-state index in [0.717, 1.165) is 23.3 Å². The van der Waals surface area contributed by atoms with E-state index in [1.54, 1.807) is 7.11 Å². The molecule has 0 spiro atoms. The van der Waals surface area contributed by atoms with Crippen LogP contribution in [0.15, 0.2) is 18.2 Å². The molecular formula is C16H25NO3. The second-order valence-electron chi connectivity index (χ2n) is 6.17. The Hall–Kier alpha value is -1.10. The molecule has 1 aliphatic rings. The van der Waals surface area contributed by atoms with Gasteiger partial charge in [-0.15, -0.1) is 0 Å². The molecule has 20 heavy (non-hydrogen) atoms. The SMILES string of the molecule is COc1ccc(C2(CN)OCCCO2)cc1C(C)(C)C. The highest BCUT2D eigenvalue weighted by molar-refractivity contribution is 5.43. The zero-order valence-corrected chi connectivity index (χ0v) is 12.9. The van der Waals surface area contributed by atoms with E-state index in [1.165, 1.54) is 0 Å². The molecule has 1 heterocycles. The largest absolute Gasteiger partial charge is 0.496 e. The van der Waals surface area contributed by atoms with E-state index in [1.807, 2.05) is 12.1 Å². The summed E-state index contributed by atoms with van der Waals surface area (Å²) in [5, 5.41) is 0. The predicted molar refractivity (Wildman–Crippen MR) is 78.9 cm³/mol. The Balaban J connectivity index is 2.47. The van der Waals surface area contributed by atoms with Gasteiger partial charge in [-0.1, -0.05) is 20.8 Å². The van der Waals surface area contributed by atoms with Crippen LogP contribution in [0.3, 0.4) is 0 Å². The van der Waals surface area contributed by atoms with Gasteiger partial charge >= 0.3 is 0 Å². The standard InChI is InChI=1S/C16H25NO3/c1-15(2,3)13-10-12(6-7-14(13)18-4)16(11-17)19-8-5-9-20-16/h6-7,10H,5,8-9,11,17H2,1-4H3. The van der Waals surface area contributed by atoms with E-state index in [0.29, 0.717) is 19.8 Å². The summed E-state index contributed by atoms with van der Waals surface area (Å²) in [6.07, 6.45) is 0.907. The summed E-state index contributed by atoms with van der Waals surface area (Å²) in [7, 11) is 1.69. The van der Waals surface area contributed by atoms with Crippen LogP contribution in [0, 0.1) is 0 Å². The van der Waals surface area contributed by atoms with Crippen molar-refractivity contribution in [3.05, 3.63) is 29.3 Å². The van der Waals surface area contributed by atoms with Crippen molar-refractivity contribution in [3.8, 4) is 5.75 Å². The number of nitrogens with two attached hydrogens (primary N) is 1. The average molecular weight is 279 g/mol. The van der Waals surface area contributed by atoms with Crippen molar-refractivity contribution in [1.29, 1.82) is 0 Å². The summed E-state index contributed by atoms with van der Waals surface area (Å²) in [5.74, 6) is 0.0640. The minimum absolute atomic E-state index is 0.0220. The van der Waals surface area contributed by atoms with Gasteiger partial charge < -0.3 is 19.9 Å². The second-order valence-corrected chi connectivity index (χ2v) is 6.17. The maximum atomic E-state index is 5.92. The monoisotopic (exact) mass is 279 g/mol. The van der Waals surface area contributed by atoms with Gasteiger partial charge in [-0.05, 0) is 35.6 Å². The van der Waals surface area contributed by atoms with Crippen LogP contribution < -0.4 is 10.5 Å². The summed E-state index contributed by atoms with van der Waals surface area (Å²) in [5.41, 5.74) is 7.99. The van der Waals surface area contributed by atoms with E-state index < -0.39 is 5.79 Å². The summed E-state index contributed by atoms with van der Waals surface area (Å²) < 4.78 is 17.2. The average Bonchev–Trinajstić information content (AvgIpc) is 2.46. The highest BCUT2D eigenvalue weighted by Gasteiger charge is 2.36. The Morgan fingerprint density at radius 3 is 2.40 bits per heavy atom. The van der Waals surface area contributed by atoms with E-state index in [9.17, 15) is 0 Å². The molecule has 1 aromatic carbocycles. The first kappa shape index (κ1) is 15.3. The molecule has 112 valence electrons. The van der Waals surface area contributed by atoms with Gasteiger partial charge in [0.05, 0.1) is 26.9 Å². The summed E-state index contributed by atoms with van der Waals surface area (Å²) in [4.78, 5) is 0.